The minimum atomic E-state index is -1.46. The first-order valence-corrected chi connectivity index (χ1v) is 4.04. The van der Waals surface area contributed by atoms with Gasteiger partial charge in [-0.25, -0.2) is 0 Å². The van der Waals surface area contributed by atoms with Gasteiger partial charge in [-0.1, -0.05) is 6.55 Å². The fourth-order valence-electron chi connectivity index (χ4n) is 0. The fourth-order valence-corrected chi connectivity index (χ4v) is 0. The van der Waals surface area contributed by atoms with Crippen LogP contribution in [-0.4, -0.2) is 15.1 Å². The van der Waals surface area contributed by atoms with Crippen LogP contribution >= 0.6 is 23.2 Å². The van der Waals surface area contributed by atoms with E-state index in [4.69, 9.17) is 24.4 Å². The summed E-state index contributed by atoms with van der Waals surface area (Å²) < 4.78 is 6.51. The summed E-state index contributed by atoms with van der Waals surface area (Å²) in [6.45, 7) is 1.78. The first-order valence-electron chi connectivity index (χ1n) is 1.92. The summed E-state index contributed by atoms with van der Waals surface area (Å²) in [7, 11) is -1.46. The molecule has 1 atom stereocenters. The molecule has 0 fully saturated rings. The van der Waals surface area contributed by atoms with Crippen LogP contribution in [0.25, 0.3) is 0 Å². The minimum absolute atomic E-state index is 0.398. The van der Waals surface area contributed by atoms with Crippen LogP contribution in [0.2, 0.25) is 6.55 Å². The second kappa shape index (κ2) is 3.01. The first-order chi connectivity index (χ1) is 2.64. The van der Waals surface area contributed by atoms with Crippen molar-refractivity contribution in [1.82, 2.24) is 0 Å². The van der Waals surface area contributed by atoms with Crippen molar-refractivity contribution in [1.29, 1.82) is 1.23 Å². The molecule has 5 heavy (non-hydrogen) atoms. The predicted octanol–water partition coefficient (Wildman–Crippen LogP) is 0.964. The van der Waals surface area contributed by atoms with Crippen LogP contribution in [0.1, 0.15) is 0 Å². The Labute approximate surface area is 45.5 Å². The van der Waals surface area contributed by atoms with Crippen molar-refractivity contribution in [2.24, 2.45) is 0 Å². The van der Waals surface area contributed by atoms with Crippen molar-refractivity contribution in [3.05, 3.63) is 0 Å². The Bertz CT molecular complexity index is 32.5. The molecule has 0 aromatic heterocycles. The number of hydrogen-bond donors (Lipinski definition) is 0. The van der Waals surface area contributed by atoms with Crippen molar-refractivity contribution in [3.8, 4) is 0 Å². The number of rotatable bonds is 1. The molecular formula is C2H6Cl2Si. The third kappa shape index (κ3) is 4.80. The van der Waals surface area contributed by atoms with Gasteiger partial charge in [-0.2, -0.15) is 0 Å². The van der Waals surface area contributed by atoms with E-state index in [0.29, 0.717) is 0 Å². The van der Waals surface area contributed by atoms with Crippen LogP contribution in [0.15, 0.2) is 0 Å². The largest absolute Gasteiger partial charge is 0.110 e. The van der Waals surface area contributed by atoms with E-state index in [0.717, 1.165) is 0 Å². The normalized spacial score (nSPS) is 18.8. The maximum absolute atomic E-state index is 6.91. The van der Waals surface area contributed by atoms with E-state index in [1.165, 1.54) is 0 Å². The molecule has 0 bridgehead atoms. The molecule has 0 saturated heterocycles. The van der Waals surface area contributed by atoms with E-state index in [9.17, 15) is 0 Å². The molecule has 0 saturated carbocycles. The van der Waals surface area contributed by atoms with Gasteiger partial charge in [0.2, 0.25) is 0 Å². The number of hydrogen-bond acceptors (Lipinski definition) is 0. The molecule has 0 amide bonds. The van der Waals surface area contributed by atoms with E-state index in [2.05, 4.69) is 0 Å². The van der Waals surface area contributed by atoms with Crippen molar-refractivity contribution in [2.75, 3.05) is 0 Å². The molecule has 0 aromatic carbocycles. The summed E-state index contributed by atoms with van der Waals surface area (Å²) in [4.78, 5) is 0. The first kappa shape index (κ1) is 3.97. The minimum Gasteiger partial charge on any atom is -0.110 e. The third-order valence-electron chi connectivity index (χ3n) is 0.252. The van der Waals surface area contributed by atoms with Crippen LogP contribution < -0.4 is 0 Å². The standard InChI is InChI=1S/C2H6Cl2Si/c1-5-2(3)4/h2H,5H2,1H3/i5D. The summed E-state index contributed by atoms with van der Waals surface area (Å²) in [5, 5.41) is 0. The maximum atomic E-state index is 6.91. The average Bonchev–Trinajstić information content (AvgIpc) is 1.36. The monoisotopic (exact) mass is 129 g/mol. The second-order valence-electron chi connectivity index (χ2n) is 0.668. The summed E-state index contributed by atoms with van der Waals surface area (Å²) in [5.41, 5.74) is 0. The van der Waals surface area contributed by atoms with E-state index < -0.39 is 13.9 Å². The molecule has 0 nitrogen and oxygen atoms in total. The lowest BCUT2D eigenvalue weighted by atomic mass is 11.8. The van der Waals surface area contributed by atoms with Crippen LogP contribution in [0.3, 0.4) is 0 Å². The van der Waals surface area contributed by atoms with E-state index in [-0.39, 0.29) is 0 Å². The Balaban J connectivity index is 2.99. The third-order valence-corrected chi connectivity index (χ3v) is 2.27. The van der Waals surface area contributed by atoms with Crippen LogP contribution in [0.4, 0.5) is 0 Å². The Kier molecular flexibility index (Phi) is 2.39. The molecule has 0 aromatic rings. The van der Waals surface area contributed by atoms with Gasteiger partial charge in [0.05, 0.1) is 13.9 Å². The van der Waals surface area contributed by atoms with Gasteiger partial charge in [-0.05, 0) is 0 Å². The molecule has 32 valence electrons. The fraction of sp³-hybridized carbons (Fsp3) is 1.00. The van der Waals surface area contributed by atoms with Crippen molar-refractivity contribution in [3.63, 3.8) is 0 Å². The Morgan fingerprint density at radius 3 is 2.20 bits per heavy atom. The lowest BCUT2D eigenvalue weighted by Gasteiger charge is -1.83. The Morgan fingerprint density at radius 2 is 2.20 bits per heavy atom. The van der Waals surface area contributed by atoms with Gasteiger partial charge in [0.1, 0.15) is 0 Å². The molecule has 0 rings (SSSR count). The van der Waals surface area contributed by atoms with Gasteiger partial charge in [-0.15, -0.1) is 23.2 Å². The van der Waals surface area contributed by atoms with Crippen molar-refractivity contribution >= 4 is 32.7 Å². The zero-order valence-corrected chi connectivity index (χ0v) is 5.58. The molecule has 0 aliphatic rings. The zero-order valence-electron chi connectivity index (χ0n) is 3.91. The molecule has 0 radical (unpaired) electrons. The SMILES string of the molecule is [2H][SiH](C)C(Cl)Cl. The van der Waals surface area contributed by atoms with E-state index >= 15 is 0 Å². The number of halogens is 2. The molecule has 0 aliphatic heterocycles. The molecule has 0 aliphatic carbocycles. The summed E-state index contributed by atoms with van der Waals surface area (Å²) in [5.74, 6) is 0. The van der Waals surface area contributed by atoms with Gasteiger partial charge in [0.25, 0.3) is 0 Å². The van der Waals surface area contributed by atoms with Crippen molar-refractivity contribution in [2.45, 2.75) is 11.0 Å². The summed E-state index contributed by atoms with van der Waals surface area (Å²) in [6.07, 6.45) is 0. The molecular weight excluding hydrogens is 123 g/mol. The maximum Gasteiger partial charge on any atom is 0.0905 e. The van der Waals surface area contributed by atoms with Gasteiger partial charge in [0.15, 0.2) is 0 Å². The van der Waals surface area contributed by atoms with Gasteiger partial charge in [0, 0.05) is 1.23 Å². The topological polar surface area (TPSA) is 0 Å². The Hall–Kier alpha value is 0.797. The predicted molar refractivity (Wildman–Crippen MR) is 29.9 cm³/mol. The summed E-state index contributed by atoms with van der Waals surface area (Å²) in [6, 6.07) is 0. The van der Waals surface area contributed by atoms with Gasteiger partial charge < -0.3 is 0 Å². The highest BCUT2D eigenvalue weighted by molar-refractivity contribution is 6.67. The lowest BCUT2D eigenvalue weighted by molar-refractivity contribution is 1.86. The molecule has 1 unspecified atom stereocenters. The van der Waals surface area contributed by atoms with E-state index in [1.807, 2.05) is 0 Å². The second-order valence-corrected chi connectivity index (χ2v) is 4.01. The highest BCUT2D eigenvalue weighted by Gasteiger charge is 1.87. The molecule has 0 heterocycles. The average molecular weight is 130 g/mol. The van der Waals surface area contributed by atoms with Crippen LogP contribution in [0, 0.1) is 0 Å². The van der Waals surface area contributed by atoms with Crippen molar-refractivity contribution < 1.29 is 0 Å². The van der Waals surface area contributed by atoms with Gasteiger partial charge >= 0.3 is 0 Å². The summed E-state index contributed by atoms with van der Waals surface area (Å²) >= 11 is 10.5. The quantitative estimate of drug-likeness (QED) is 0.366. The Morgan fingerprint density at radius 1 is 2.00 bits per heavy atom. The number of alkyl halides is 2. The smallest absolute Gasteiger partial charge is 0.0905 e. The molecule has 0 spiro atoms. The highest BCUT2D eigenvalue weighted by atomic mass is 35.5. The van der Waals surface area contributed by atoms with Crippen LogP contribution in [0.5, 0.6) is 0 Å². The zero-order chi connectivity index (χ0) is 5.15. The van der Waals surface area contributed by atoms with Crippen LogP contribution in [-0.2, 0) is 0 Å². The van der Waals surface area contributed by atoms with E-state index in [1.54, 1.807) is 6.55 Å². The lowest BCUT2D eigenvalue weighted by Crippen LogP contribution is -1.91. The highest BCUT2D eigenvalue weighted by Crippen LogP contribution is 1.95. The molecule has 3 heteroatoms. The molecule has 0 N–H and O–H groups in total. The van der Waals surface area contributed by atoms with Gasteiger partial charge in [-0.3, -0.25) is 0 Å².